The summed E-state index contributed by atoms with van der Waals surface area (Å²) in [7, 11) is 0. The highest BCUT2D eigenvalue weighted by Crippen LogP contribution is 2.17. The summed E-state index contributed by atoms with van der Waals surface area (Å²) in [5.74, 6) is 0.807. The summed E-state index contributed by atoms with van der Waals surface area (Å²) < 4.78 is 0. The SMILES string of the molecule is Clc1cc(NC2CCCN(Cc3ccccc3)C2)ncn1. The van der Waals surface area contributed by atoms with Crippen LogP contribution in [0.25, 0.3) is 0 Å². The molecule has 0 radical (unpaired) electrons. The Kier molecular flexibility index (Phi) is 4.68. The predicted molar refractivity (Wildman–Crippen MR) is 85.4 cm³/mol. The number of hydrogen-bond acceptors (Lipinski definition) is 4. The van der Waals surface area contributed by atoms with Crippen molar-refractivity contribution in [1.29, 1.82) is 0 Å². The van der Waals surface area contributed by atoms with Crippen molar-refractivity contribution in [3.8, 4) is 0 Å². The van der Waals surface area contributed by atoms with E-state index in [9.17, 15) is 0 Å². The maximum Gasteiger partial charge on any atom is 0.134 e. The topological polar surface area (TPSA) is 41.0 Å². The number of benzene rings is 1. The summed E-state index contributed by atoms with van der Waals surface area (Å²) in [5.41, 5.74) is 1.36. The van der Waals surface area contributed by atoms with E-state index in [2.05, 4.69) is 50.5 Å². The highest BCUT2D eigenvalue weighted by molar-refractivity contribution is 6.29. The van der Waals surface area contributed by atoms with Crippen molar-refractivity contribution in [1.82, 2.24) is 14.9 Å². The number of nitrogens with one attached hydrogen (secondary N) is 1. The average molecular weight is 303 g/mol. The Morgan fingerprint density at radius 1 is 1.24 bits per heavy atom. The molecule has 0 amide bonds. The Bertz CT molecular complexity index is 575. The average Bonchev–Trinajstić information content (AvgIpc) is 2.49. The van der Waals surface area contributed by atoms with Crippen molar-refractivity contribution in [2.45, 2.75) is 25.4 Å². The zero-order chi connectivity index (χ0) is 14.5. The van der Waals surface area contributed by atoms with Crippen LogP contribution in [-0.2, 0) is 6.54 Å². The molecule has 2 aromatic rings. The fourth-order valence-corrected chi connectivity index (χ4v) is 2.93. The molecule has 0 bridgehead atoms. The van der Waals surface area contributed by atoms with Gasteiger partial charge in [0.1, 0.15) is 17.3 Å². The molecule has 1 fully saturated rings. The Balaban J connectivity index is 1.58. The van der Waals surface area contributed by atoms with Crippen molar-refractivity contribution in [3.63, 3.8) is 0 Å². The summed E-state index contributed by atoms with van der Waals surface area (Å²) >= 11 is 5.90. The molecule has 2 heterocycles. The third-order valence-electron chi connectivity index (χ3n) is 3.74. The molecule has 3 rings (SSSR count). The second-order valence-electron chi connectivity index (χ2n) is 5.43. The lowest BCUT2D eigenvalue weighted by atomic mass is 10.0. The third-order valence-corrected chi connectivity index (χ3v) is 3.95. The molecule has 0 saturated carbocycles. The van der Waals surface area contributed by atoms with E-state index in [1.54, 1.807) is 6.07 Å². The van der Waals surface area contributed by atoms with Crippen LogP contribution in [0.15, 0.2) is 42.7 Å². The Hall–Kier alpha value is -1.65. The molecular formula is C16H19ClN4. The lowest BCUT2D eigenvalue weighted by Gasteiger charge is -2.33. The number of nitrogens with zero attached hydrogens (tertiary/aromatic N) is 3. The number of anilines is 1. The summed E-state index contributed by atoms with van der Waals surface area (Å²) in [6.45, 7) is 3.18. The van der Waals surface area contributed by atoms with Crippen LogP contribution in [0.2, 0.25) is 5.15 Å². The van der Waals surface area contributed by atoms with Gasteiger partial charge in [0, 0.05) is 25.2 Å². The first-order chi connectivity index (χ1) is 10.3. The number of likely N-dealkylation sites (tertiary alicyclic amines) is 1. The minimum atomic E-state index is 0.411. The van der Waals surface area contributed by atoms with Gasteiger partial charge in [-0.1, -0.05) is 41.9 Å². The first kappa shape index (κ1) is 14.3. The van der Waals surface area contributed by atoms with Crippen LogP contribution >= 0.6 is 11.6 Å². The molecule has 1 aliphatic rings. The van der Waals surface area contributed by atoms with Crippen LogP contribution in [0, 0.1) is 0 Å². The van der Waals surface area contributed by atoms with E-state index in [1.165, 1.54) is 18.3 Å². The molecule has 21 heavy (non-hydrogen) atoms. The Labute approximate surface area is 130 Å². The monoisotopic (exact) mass is 302 g/mol. The lowest BCUT2D eigenvalue weighted by molar-refractivity contribution is 0.208. The highest BCUT2D eigenvalue weighted by atomic mass is 35.5. The Morgan fingerprint density at radius 3 is 2.90 bits per heavy atom. The number of hydrogen-bond donors (Lipinski definition) is 1. The lowest BCUT2D eigenvalue weighted by Crippen LogP contribution is -2.41. The normalized spacial score (nSPS) is 19.4. The van der Waals surface area contributed by atoms with Crippen LogP contribution in [0.5, 0.6) is 0 Å². The minimum Gasteiger partial charge on any atom is -0.366 e. The standard InChI is InChI=1S/C16H19ClN4/c17-15-9-16(19-12-18-15)20-14-7-4-8-21(11-14)10-13-5-2-1-3-6-13/h1-3,5-6,9,12,14H,4,7-8,10-11H2,(H,18,19,20). The zero-order valence-corrected chi connectivity index (χ0v) is 12.6. The molecule has 4 nitrogen and oxygen atoms in total. The first-order valence-corrected chi connectivity index (χ1v) is 7.68. The quantitative estimate of drug-likeness (QED) is 0.881. The number of piperidine rings is 1. The van der Waals surface area contributed by atoms with Gasteiger partial charge in [-0.05, 0) is 24.9 Å². The molecule has 1 aromatic heterocycles. The van der Waals surface area contributed by atoms with Gasteiger partial charge < -0.3 is 5.32 Å². The molecule has 0 spiro atoms. The smallest absolute Gasteiger partial charge is 0.134 e. The second-order valence-corrected chi connectivity index (χ2v) is 5.82. The van der Waals surface area contributed by atoms with E-state index < -0.39 is 0 Å². The molecular weight excluding hydrogens is 284 g/mol. The van der Waals surface area contributed by atoms with E-state index in [1.807, 2.05) is 0 Å². The van der Waals surface area contributed by atoms with Crippen molar-refractivity contribution < 1.29 is 0 Å². The molecule has 1 atom stereocenters. The minimum absolute atomic E-state index is 0.411. The van der Waals surface area contributed by atoms with Crippen molar-refractivity contribution >= 4 is 17.4 Å². The van der Waals surface area contributed by atoms with E-state index in [4.69, 9.17) is 11.6 Å². The maximum atomic E-state index is 5.90. The van der Waals surface area contributed by atoms with E-state index in [-0.39, 0.29) is 0 Å². The molecule has 1 aliphatic heterocycles. The molecule has 1 saturated heterocycles. The van der Waals surface area contributed by atoms with Crippen LogP contribution in [0.4, 0.5) is 5.82 Å². The molecule has 110 valence electrons. The summed E-state index contributed by atoms with van der Waals surface area (Å²) in [5, 5.41) is 3.94. The van der Waals surface area contributed by atoms with Crippen LogP contribution in [0.3, 0.4) is 0 Å². The predicted octanol–water partition coefficient (Wildman–Crippen LogP) is 3.21. The van der Waals surface area contributed by atoms with E-state index in [0.29, 0.717) is 11.2 Å². The number of aromatic nitrogens is 2. The van der Waals surface area contributed by atoms with Gasteiger partial charge >= 0.3 is 0 Å². The van der Waals surface area contributed by atoms with Crippen LogP contribution in [-0.4, -0.2) is 34.0 Å². The summed E-state index contributed by atoms with van der Waals surface area (Å²) in [4.78, 5) is 10.6. The van der Waals surface area contributed by atoms with Gasteiger partial charge in [-0.3, -0.25) is 4.90 Å². The first-order valence-electron chi connectivity index (χ1n) is 7.30. The van der Waals surface area contributed by atoms with Gasteiger partial charge in [0.2, 0.25) is 0 Å². The molecule has 0 aliphatic carbocycles. The van der Waals surface area contributed by atoms with Gasteiger partial charge in [-0.25, -0.2) is 9.97 Å². The molecule has 5 heteroatoms. The van der Waals surface area contributed by atoms with Gasteiger partial charge in [-0.15, -0.1) is 0 Å². The van der Waals surface area contributed by atoms with Gasteiger partial charge in [-0.2, -0.15) is 0 Å². The number of halogens is 1. The summed E-state index contributed by atoms with van der Waals surface area (Å²) in [6.07, 6.45) is 3.85. The van der Waals surface area contributed by atoms with Crippen molar-refractivity contribution in [2.24, 2.45) is 0 Å². The van der Waals surface area contributed by atoms with Crippen molar-refractivity contribution in [3.05, 3.63) is 53.4 Å². The second kappa shape index (κ2) is 6.87. The van der Waals surface area contributed by atoms with E-state index >= 15 is 0 Å². The fraction of sp³-hybridized carbons (Fsp3) is 0.375. The Morgan fingerprint density at radius 2 is 2.10 bits per heavy atom. The van der Waals surface area contributed by atoms with Gasteiger partial charge in [0.15, 0.2) is 0 Å². The van der Waals surface area contributed by atoms with Crippen LogP contribution < -0.4 is 5.32 Å². The van der Waals surface area contributed by atoms with Crippen LogP contribution in [0.1, 0.15) is 18.4 Å². The van der Waals surface area contributed by atoms with Gasteiger partial charge in [0.25, 0.3) is 0 Å². The number of rotatable bonds is 4. The summed E-state index contributed by atoms with van der Waals surface area (Å²) in [6, 6.07) is 12.8. The maximum absolute atomic E-state index is 5.90. The third kappa shape index (κ3) is 4.16. The molecule has 1 unspecified atom stereocenters. The molecule has 1 N–H and O–H groups in total. The van der Waals surface area contributed by atoms with Crippen molar-refractivity contribution in [2.75, 3.05) is 18.4 Å². The molecule has 1 aromatic carbocycles. The zero-order valence-electron chi connectivity index (χ0n) is 11.9. The highest BCUT2D eigenvalue weighted by Gasteiger charge is 2.20. The van der Waals surface area contributed by atoms with Gasteiger partial charge in [0.05, 0.1) is 0 Å². The largest absolute Gasteiger partial charge is 0.366 e. The fourth-order valence-electron chi connectivity index (χ4n) is 2.78. The van der Waals surface area contributed by atoms with E-state index in [0.717, 1.165) is 31.9 Å².